The largest absolute Gasteiger partial charge is 0.316 e. The third-order valence-electron chi connectivity index (χ3n) is 3.44. The lowest BCUT2D eigenvalue weighted by Crippen LogP contribution is -2.36. The first kappa shape index (κ1) is 17.1. The van der Waals surface area contributed by atoms with Gasteiger partial charge in [0.1, 0.15) is 0 Å². The minimum Gasteiger partial charge on any atom is -0.316 e. The van der Waals surface area contributed by atoms with E-state index in [9.17, 15) is 0 Å². The van der Waals surface area contributed by atoms with Crippen LogP contribution in [0.25, 0.3) is 0 Å². The minimum atomic E-state index is 0. The topological polar surface area (TPSA) is 15.3 Å². The molecule has 1 aromatic carbocycles. The van der Waals surface area contributed by atoms with Crippen LogP contribution in [-0.4, -0.2) is 31.6 Å². The highest BCUT2D eigenvalue weighted by Crippen LogP contribution is 2.26. The Labute approximate surface area is 131 Å². The molecule has 1 aliphatic rings. The molecule has 0 spiro atoms. The van der Waals surface area contributed by atoms with Crippen LogP contribution in [0.2, 0.25) is 10.0 Å². The van der Waals surface area contributed by atoms with Gasteiger partial charge in [0.05, 0.1) is 10.0 Å². The Bertz CT molecular complexity index is 392. The average molecular weight is 324 g/mol. The summed E-state index contributed by atoms with van der Waals surface area (Å²) in [4.78, 5) is 2.33. The van der Waals surface area contributed by atoms with E-state index in [4.69, 9.17) is 23.2 Å². The highest BCUT2D eigenvalue weighted by molar-refractivity contribution is 6.42. The van der Waals surface area contributed by atoms with Gasteiger partial charge in [-0.25, -0.2) is 0 Å². The molecule has 1 N–H and O–H groups in total. The maximum absolute atomic E-state index is 6.21. The second-order valence-corrected chi connectivity index (χ2v) is 5.91. The van der Waals surface area contributed by atoms with Gasteiger partial charge >= 0.3 is 0 Å². The number of benzene rings is 1. The second kappa shape index (κ2) is 8.33. The van der Waals surface area contributed by atoms with Crippen molar-refractivity contribution in [1.82, 2.24) is 10.2 Å². The smallest absolute Gasteiger partial charge is 0.0637 e. The van der Waals surface area contributed by atoms with E-state index in [1.54, 1.807) is 0 Å². The summed E-state index contributed by atoms with van der Waals surface area (Å²) in [5, 5.41) is 4.78. The second-order valence-electron chi connectivity index (χ2n) is 5.12. The molecule has 2 rings (SSSR count). The Morgan fingerprint density at radius 3 is 2.84 bits per heavy atom. The van der Waals surface area contributed by atoms with Gasteiger partial charge in [0.15, 0.2) is 0 Å². The Hall–Kier alpha value is 0.01000. The molecule has 1 aliphatic heterocycles. The fraction of sp³-hybridized carbons (Fsp3) is 0.571. The number of rotatable bonds is 4. The Morgan fingerprint density at radius 2 is 2.16 bits per heavy atom. The van der Waals surface area contributed by atoms with Crippen molar-refractivity contribution in [3.8, 4) is 0 Å². The van der Waals surface area contributed by atoms with E-state index in [2.05, 4.69) is 17.3 Å². The van der Waals surface area contributed by atoms with Gasteiger partial charge in [0.25, 0.3) is 0 Å². The van der Waals surface area contributed by atoms with Crippen molar-refractivity contribution in [3.63, 3.8) is 0 Å². The van der Waals surface area contributed by atoms with E-state index in [-0.39, 0.29) is 12.4 Å². The van der Waals surface area contributed by atoms with Crippen LogP contribution >= 0.6 is 35.6 Å². The van der Waals surface area contributed by atoms with Gasteiger partial charge in [-0.3, -0.25) is 0 Å². The molecule has 2 nitrogen and oxygen atoms in total. The third-order valence-corrected chi connectivity index (χ3v) is 4.30. The van der Waals surface area contributed by atoms with Crippen LogP contribution in [0, 0.1) is 5.92 Å². The maximum Gasteiger partial charge on any atom is 0.0637 e. The lowest BCUT2D eigenvalue weighted by molar-refractivity contribution is 0.237. The van der Waals surface area contributed by atoms with E-state index >= 15 is 0 Å². The van der Waals surface area contributed by atoms with Crippen LogP contribution in [0.1, 0.15) is 18.4 Å². The summed E-state index contributed by atoms with van der Waals surface area (Å²) < 4.78 is 0. The summed E-state index contributed by atoms with van der Waals surface area (Å²) in [6, 6.07) is 5.84. The van der Waals surface area contributed by atoms with E-state index in [0.29, 0.717) is 10.0 Å². The summed E-state index contributed by atoms with van der Waals surface area (Å²) in [5.41, 5.74) is 1.11. The number of nitrogens with one attached hydrogen (secondary N) is 1. The molecule has 0 bridgehead atoms. The first-order chi connectivity index (χ1) is 8.66. The summed E-state index contributed by atoms with van der Waals surface area (Å²) in [6.07, 6.45) is 2.61. The van der Waals surface area contributed by atoms with Crippen molar-refractivity contribution in [2.45, 2.75) is 19.4 Å². The monoisotopic (exact) mass is 322 g/mol. The standard InChI is InChI=1S/C14H20Cl2N2.ClH/c1-18(9-11-4-3-7-17-8-11)10-12-5-2-6-13(15)14(12)16;/h2,5-6,11,17H,3-4,7-10H2,1H3;1H. The zero-order valence-corrected chi connectivity index (χ0v) is 13.5. The van der Waals surface area contributed by atoms with E-state index in [1.807, 2.05) is 18.2 Å². The highest BCUT2D eigenvalue weighted by Gasteiger charge is 2.15. The molecule has 1 saturated heterocycles. The number of hydrogen-bond donors (Lipinski definition) is 1. The quantitative estimate of drug-likeness (QED) is 0.905. The minimum absolute atomic E-state index is 0. The third kappa shape index (κ3) is 5.13. The van der Waals surface area contributed by atoms with Crippen LogP contribution in [0.3, 0.4) is 0 Å². The molecule has 1 atom stereocenters. The summed E-state index contributed by atoms with van der Waals surface area (Å²) in [7, 11) is 2.14. The summed E-state index contributed by atoms with van der Waals surface area (Å²) in [5.74, 6) is 0.752. The Morgan fingerprint density at radius 1 is 1.37 bits per heavy atom. The molecule has 1 aromatic rings. The zero-order valence-electron chi connectivity index (χ0n) is 11.2. The van der Waals surface area contributed by atoms with Crippen molar-refractivity contribution >= 4 is 35.6 Å². The van der Waals surface area contributed by atoms with Crippen LogP contribution in [-0.2, 0) is 6.54 Å². The Kier molecular flexibility index (Phi) is 7.48. The summed E-state index contributed by atoms with van der Waals surface area (Å²) >= 11 is 12.2. The lowest BCUT2D eigenvalue weighted by atomic mass is 9.99. The molecule has 1 fully saturated rings. The predicted octanol–water partition coefficient (Wildman–Crippen LogP) is 3.85. The molecule has 0 radical (unpaired) electrons. The molecule has 0 amide bonds. The van der Waals surface area contributed by atoms with Gasteiger partial charge in [0.2, 0.25) is 0 Å². The lowest BCUT2D eigenvalue weighted by Gasteiger charge is -2.27. The van der Waals surface area contributed by atoms with Crippen LogP contribution in [0.4, 0.5) is 0 Å². The van der Waals surface area contributed by atoms with Crippen molar-refractivity contribution in [2.75, 3.05) is 26.7 Å². The van der Waals surface area contributed by atoms with Crippen molar-refractivity contribution in [2.24, 2.45) is 5.92 Å². The van der Waals surface area contributed by atoms with E-state index in [0.717, 1.165) is 31.1 Å². The first-order valence-electron chi connectivity index (χ1n) is 6.49. The van der Waals surface area contributed by atoms with Gasteiger partial charge in [-0.1, -0.05) is 35.3 Å². The van der Waals surface area contributed by atoms with Crippen molar-refractivity contribution < 1.29 is 0 Å². The van der Waals surface area contributed by atoms with E-state index < -0.39 is 0 Å². The van der Waals surface area contributed by atoms with Gasteiger partial charge in [-0.2, -0.15) is 0 Å². The molecule has 0 aliphatic carbocycles. The van der Waals surface area contributed by atoms with Crippen molar-refractivity contribution in [3.05, 3.63) is 33.8 Å². The molecule has 0 aromatic heterocycles. The van der Waals surface area contributed by atoms with E-state index in [1.165, 1.54) is 19.4 Å². The molecule has 5 heteroatoms. The van der Waals surface area contributed by atoms with Gasteiger partial charge in [-0.15, -0.1) is 12.4 Å². The van der Waals surface area contributed by atoms with Crippen molar-refractivity contribution in [1.29, 1.82) is 0 Å². The molecule has 0 saturated carbocycles. The van der Waals surface area contributed by atoms with Gasteiger partial charge < -0.3 is 10.2 Å². The zero-order chi connectivity index (χ0) is 13.0. The normalized spacial score (nSPS) is 19.3. The summed E-state index contributed by atoms with van der Waals surface area (Å²) in [6.45, 7) is 4.26. The molecular formula is C14H21Cl3N2. The van der Waals surface area contributed by atoms with Gasteiger partial charge in [0, 0.05) is 13.1 Å². The molecule has 1 heterocycles. The van der Waals surface area contributed by atoms with Crippen LogP contribution in [0.5, 0.6) is 0 Å². The number of piperidine rings is 1. The van der Waals surface area contributed by atoms with Crippen LogP contribution < -0.4 is 5.32 Å². The number of nitrogens with zero attached hydrogens (tertiary/aromatic N) is 1. The predicted molar refractivity (Wildman–Crippen MR) is 85.6 cm³/mol. The number of halogens is 3. The fourth-order valence-electron chi connectivity index (χ4n) is 2.55. The fourth-order valence-corrected chi connectivity index (χ4v) is 2.93. The van der Waals surface area contributed by atoms with Crippen LogP contribution in [0.15, 0.2) is 18.2 Å². The first-order valence-corrected chi connectivity index (χ1v) is 7.24. The molecule has 1 unspecified atom stereocenters. The maximum atomic E-state index is 6.21. The molecule has 19 heavy (non-hydrogen) atoms. The average Bonchev–Trinajstić information content (AvgIpc) is 2.36. The van der Waals surface area contributed by atoms with Gasteiger partial charge in [-0.05, 0) is 50.5 Å². The Balaban J connectivity index is 0.00000180. The number of hydrogen-bond acceptors (Lipinski definition) is 2. The molecule has 108 valence electrons. The highest BCUT2D eigenvalue weighted by atomic mass is 35.5. The molecular weight excluding hydrogens is 303 g/mol. The SMILES string of the molecule is CN(Cc1cccc(Cl)c1Cl)CC1CCCNC1.Cl.